The van der Waals surface area contributed by atoms with Crippen molar-refractivity contribution in [3.05, 3.63) is 29.6 Å². The predicted molar refractivity (Wildman–Crippen MR) is 75.5 cm³/mol. The van der Waals surface area contributed by atoms with Crippen LogP contribution in [0.5, 0.6) is 0 Å². The summed E-state index contributed by atoms with van der Waals surface area (Å²) in [5, 5.41) is 3.08. The third kappa shape index (κ3) is 3.99. The van der Waals surface area contributed by atoms with Gasteiger partial charge in [-0.1, -0.05) is 6.07 Å². The fourth-order valence-corrected chi connectivity index (χ4v) is 3.96. The van der Waals surface area contributed by atoms with Crippen molar-refractivity contribution in [1.29, 1.82) is 0 Å². The first-order valence-corrected chi connectivity index (χ1v) is 8.35. The van der Waals surface area contributed by atoms with Crippen molar-refractivity contribution < 1.29 is 8.42 Å². The molecule has 1 aliphatic rings. The van der Waals surface area contributed by atoms with Crippen molar-refractivity contribution in [1.82, 2.24) is 15.2 Å². The zero-order chi connectivity index (χ0) is 13.9. The molecular weight excluding hydrogens is 262 g/mol. The molecule has 2 rings (SSSR count). The summed E-state index contributed by atoms with van der Waals surface area (Å²) in [4.78, 5) is 6.61. The Labute approximate surface area is 114 Å². The molecule has 2 heterocycles. The molecular formula is C13H21N3O2S. The third-order valence-corrected chi connectivity index (χ3v) is 5.23. The van der Waals surface area contributed by atoms with Crippen LogP contribution in [0.2, 0.25) is 0 Å². The third-order valence-electron chi connectivity index (χ3n) is 3.44. The van der Waals surface area contributed by atoms with E-state index in [1.54, 1.807) is 0 Å². The van der Waals surface area contributed by atoms with Crippen LogP contribution in [0, 0.1) is 0 Å². The average Bonchev–Trinajstić information content (AvgIpc) is 2.35. The number of rotatable bonds is 4. The molecule has 1 fully saturated rings. The van der Waals surface area contributed by atoms with E-state index in [9.17, 15) is 8.42 Å². The summed E-state index contributed by atoms with van der Waals surface area (Å²) >= 11 is 0. The van der Waals surface area contributed by atoms with Crippen LogP contribution in [0.25, 0.3) is 0 Å². The zero-order valence-corrected chi connectivity index (χ0v) is 12.3. The molecule has 0 saturated carbocycles. The second-order valence-electron chi connectivity index (χ2n) is 5.12. The van der Waals surface area contributed by atoms with E-state index >= 15 is 0 Å². The molecule has 1 N–H and O–H groups in total. The smallest absolute Gasteiger partial charge is 0.153 e. The van der Waals surface area contributed by atoms with E-state index in [0.29, 0.717) is 6.54 Å². The molecule has 1 aliphatic heterocycles. The normalized spacial score (nSPS) is 23.4. The number of pyridine rings is 1. The van der Waals surface area contributed by atoms with E-state index < -0.39 is 9.84 Å². The molecule has 0 amide bonds. The molecule has 106 valence electrons. The van der Waals surface area contributed by atoms with E-state index in [-0.39, 0.29) is 17.5 Å². The molecule has 0 radical (unpaired) electrons. The molecule has 0 aromatic carbocycles. The van der Waals surface area contributed by atoms with Gasteiger partial charge < -0.3 is 5.32 Å². The lowest BCUT2D eigenvalue weighted by Crippen LogP contribution is -2.46. The van der Waals surface area contributed by atoms with Gasteiger partial charge in [0.05, 0.1) is 17.2 Å². The van der Waals surface area contributed by atoms with Gasteiger partial charge >= 0.3 is 0 Å². The van der Waals surface area contributed by atoms with Gasteiger partial charge in [0.25, 0.3) is 0 Å². The second-order valence-corrected chi connectivity index (χ2v) is 7.35. The van der Waals surface area contributed by atoms with Gasteiger partial charge in [-0.2, -0.15) is 0 Å². The predicted octanol–water partition coefficient (Wildman–Crippen LogP) is 0.420. The SMILES string of the molecule is CNCc1ccc(CN2CCS(=O)(=O)CC2C)nc1. The lowest BCUT2D eigenvalue weighted by Gasteiger charge is -2.32. The van der Waals surface area contributed by atoms with E-state index in [2.05, 4.69) is 21.3 Å². The van der Waals surface area contributed by atoms with Crippen molar-refractivity contribution in [3.8, 4) is 0 Å². The van der Waals surface area contributed by atoms with E-state index in [4.69, 9.17) is 0 Å². The summed E-state index contributed by atoms with van der Waals surface area (Å²) in [6.45, 7) is 4.09. The highest BCUT2D eigenvalue weighted by Crippen LogP contribution is 2.14. The standard InChI is InChI=1S/C13H21N3O2S/c1-11-10-19(17,18)6-5-16(11)9-13-4-3-12(7-14-2)8-15-13/h3-4,8,11,14H,5-7,9-10H2,1-2H3. The maximum atomic E-state index is 11.5. The Bertz CT molecular complexity index is 513. The number of nitrogens with zero attached hydrogens (tertiary/aromatic N) is 2. The largest absolute Gasteiger partial charge is 0.316 e. The molecule has 19 heavy (non-hydrogen) atoms. The number of sulfone groups is 1. The summed E-state index contributed by atoms with van der Waals surface area (Å²) in [6, 6.07) is 4.14. The fraction of sp³-hybridized carbons (Fsp3) is 0.615. The first-order chi connectivity index (χ1) is 9.00. The first-order valence-electron chi connectivity index (χ1n) is 6.53. The van der Waals surface area contributed by atoms with Crippen molar-refractivity contribution in [3.63, 3.8) is 0 Å². The molecule has 0 bridgehead atoms. The van der Waals surface area contributed by atoms with Gasteiger partial charge in [0.2, 0.25) is 0 Å². The Balaban J connectivity index is 1.97. The highest BCUT2D eigenvalue weighted by Gasteiger charge is 2.28. The fourth-order valence-electron chi connectivity index (χ4n) is 2.33. The van der Waals surface area contributed by atoms with E-state index in [1.165, 1.54) is 0 Å². The van der Waals surface area contributed by atoms with Crippen LogP contribution in [0.15, 0.2) is 18.3 Å². The van der Waals surface area contributed by atoms with Gasteiger partial charge in [0, 0.05) is 31.9 Å². The minimum atomic E-state index is -2.84. The summed E-state index contributed by atoms with van der Waals surface area (Å²) in [6.07, 6.45) is 1.87. The second kappa shape index (κ2) is 5.98. The summed E-state index contributed by atoms with van der Waals surface area (Å²) in [7, 11) is -0.935. The quantitative estimate of drug-likeness (QED) is 0.868. The highest BCUT2D eigenvalue weighted by atomic mass is 32.2. The molecule has 1 atom stereocenters. The minimum Gasteiger partial charge on any atom is -0.316 e. The molecule has 1 unspecified atom stereocenters. The van der Waals surface area contributed by atoms with Gasteiger partial charge in [-0.3, -0.25) is 9.88 Å². The van der Waals surface area contributed by atoms with Gasteiger partial charge in [0.1, 0.15) is 0 Å². The number of nitrogens with one attached hydrogen (secondary N) is 1. The van der Waals surface area contributed by atoms with Crippen molar-refractivity contribution >= 4 is 9.84 Å². The number of aromatic nitrogens is 1. The van der Waals surface area contributed by atoms with Crippen LogP contribution in [0.3, 0.4) is 0 Å². The Morgan fingerprint density at radius 3 is 2.84 bits per heavy atom. The van der Waals surface area contributed by atoms with Crippen LogP contribution < -0.4 is 5.32 Å². The lowest BCUT2D eigenvalue weighted by atomic mass is 10.2. The Kier molecular flexibility index (Phi) is 4.54. The van der Waals surface area contributed by atoms with Crippen molar-refractivity contribution in [2.45, 2.75) is 26.1 Å². The zero-order valence-electron chi connectivity index (χ0n) is 11.5. The average molecular weight is 283 g/mol. The van der Waals surface area contributed by atoms with E-state index in [0.717, 1.165) is 24.3 Å². The van der Waals surface area contributed by atoms with Crippen LogP contribution >= 0.6 is 0 Å². The monoisotopic (exact) mass is 283 g/mol. The van der Waals surface area contributed by atoms with Crippen LogP contribution in [0.1, 0.15) is 18.2 Å². The molecule has 6 heteroatoms. The highest BCUT2D eigenvalue weighted by molar-refractivity contribution is 7.91. The maximum absolute atomic E-state index is 11.5. The Morgan fingerprint density at radius 2 is 2.26 bits per heavy atom. The van der Waals surface area contributed by atoms with Crippen molar-refractivity contribution in [2.24, 2.45) is 0 Å². The first kappa shape index (κ1) is 14.4. The molecule has 1 aromatic rings. The molecule has 0 spiro atoms. The molecule has 1 saturated heterocycles. The summed E-state index contributed by atoms with van der Waals surface area (Å²) < 4.78 is 23.1. The molecule has 1 aromatic heterocycles. The molecule has 5 nitrogen and oxygen atoms in total. The van der Waals surface area contributed by atoms with Gasteiger partial charge in [-0.25, -0.2) is 8.42 Å². The lowest BCUT2D eigenvalue weighted by molar-refractivity contribution is 0.215. The van der Waals surface area contributed by atoms with Crippen molar-refractivity contribution in [2.75, 3.05) is 25.1 Å². The molecule has 0 aliphatic carbocycles. The number of hydrogen-bond donors (Lipinski definition) is 1. The van der Waals surface area contributed by atoms with Crippen LogP contribution in [0.4, 0.5) is 0 Å². The maximum Gasteiger partial charge on any atom is 0.153 e. The van der Waals surface area contributed by atoms with Crippen LogP contribution in [-0.4, -0.2) is 49.4 Å². The van der Waals surface area contributed by atoms with Gasteiger partial charge in [-0.05, 0) is 25.6 Å². The van der Waals surface area contributed by atoms with Gasteiger partial charge in [-0.15, -0.1) is 0 Å². The summed E-state index contributed by atoms with van der Waals surface area (Å²) in [5.74, 6) is 0.514. The topological polar surface area (TPSA) is 62.3 Å². The van der Waals surface area contributed by atoms with Gasteiger partial charge in [0.15, 0.2) is 9.84 Å². The summed E-state index contributed by atoms with van der Waals surface area (Å²) in [5.41, 5.74) is 2.14. The van der Waals surface area contributed by atoms with E-state index in [1.807, 2.05) is 26.2 Å². The number of hydrogen-bond acceptors (Lipinski definition) is 5. The minimum absolute atomic E-state index is 0.0672. The Morgan fingerprint density at radius 1 is 1.47 bits per heavy atom. The van der Waals surface area contributed by atoms with Crippen LogP contribution in [-0.2, 0) is 22.9 Å². The Hall–Kier alpha value is -0.980.